The lowest BCUT2D eigenvalue weighted by atomic mass is 10.2. The van der Waals surface area contributed by atoms with Crippen LogP contribution in [0.2, 0.25) is 0 Å². The van der Waals surface area contributed by atoms with Gasteiger partial charge in [-0.2, -0.15) is 5.10 Å². The zero-order chi connectivity index (χ0) is 19.1. The molecule has 1 saturated heterocycles. The Kier molecular flexibility index (Phi) is 6.86. The van der Waals surface area contributed by atoms with E-state index in [0.717, 1.165) is 16.6 Å². The number of aliphatic hydroxyl groups is 1. The number of hydrogen-bond donors (Lipinski definition) is 4. The lowest BCUT2D eigenvalue weighted by molar-refractivity contribution is 0.0532. The predicted octanol–water partition coefficient (Wildman–Crippen LogP) is 0.242. The van der Waals surface area contributed by atoms with E-state index in [2.05, 4.69) is 20.8 Å². The first-order valence-electron chi connectivity index (χ1n) is 9.20. The Morgan fingerprint density at radius 2 is 2.22 bits per heavy atom. The van der Waals surface area contributed by atoms with Crippen LogP contribution < -0.4 is 15.4 Å². The average Bonchev–Trinajstić information content (AvgIpc) is 3.07. The van der Waals surface area contributed by atoms with Gasteiger partial charge in [-0.25, -0.2) is 4.79 Å². The molecule has 1 aliphatic rings. The van der Waals surface area contributed by atoms with Crippen molar-refractivity contribution >= 4 is 16.9 Å². The maximum atomic E-state index is 11.9. The van der Waals surface area contributed by atoms with Crippen LogP contribution in [0.4, 0.5) is 4.79 Å². The molecular weight excluding hydrogens is 350 g/mol. The number of nitrogens with one attached hydrogen (secondary N) is 3. The summed E-state index contributed by atoms with van der Waals surface area (Å²) in [6, 6.07) is 5.56. The van der Waals surface area contributed by atoms with Crippen molar-refractivity contribution in [2.45, 2.75) is 13.0 Å². The van der Waals surface area contributed by atoms with Crippen LogP contribution in [-0.4, -0.2) is 84.9 Å². The number of fused-ring (bicyclic) bond motifs is 1. The van der Waals surface area contributed by atoms with Crippen molar-refractivity contribution < 1.29 is 19.4 Å². The number of carbonyl (C=O) groups is 1. The van der Waals surface area contributed by atoms with E-state index in [9.17, 15) is 9.90 Å². The molecule has 1 aromatic heterocycles. The number of carbonyl (C=O) groups excluding carboxylic acids is 1. The molecule has 1 atom stereocenters. The predicted molar refractivity (Wildman–Crippen MR) is 101 cm³/mol. The summed E-state index contributed by atoms with van der Waals surface area (Å²) in [7, 11) is 0. The lowest BCUT2D eigenvalue weighted by Crippen LogP contribution is -2.47. The number of benzene rings is 1. The summed E-state index contributed by atoms with van der Waals surface area (Å²) in [5, 5.41) is 24.1. The van der Waals surface area contributed by atoms with Crippen molar-refractivity contribution in [1.82, 2.24) is 25.7 Å². The molecule has 0 bridgehead atoms. The first-order chi connectivity index (χ1) is 13.1. The molecule has 1 aromatic carbocycles. The molecule has 0 radical (unpaired) electrons. The van der Waals surface area contributed by atoms with Crippen molar-refractivity contribution in [2.24, 2.45) is 0 Å². The maximum absolute atomic E-state index is 11.9. The largest absolute Gasteiger partial charge is 0.491 e. The van der Waals surface area contributed by atoms with Crippen LogP contribution in [0.25, 0.3) is 10.9 Å². The van der Waals surface area contributed by atoms with E-state index in [-0.39, 0.29) is 12.6 Å². The Hall–Kier alpha value is -2.36. The fourth-order valence-electron chi connectivity index (χ4n) is 2.86. The Morgan fingerprint density at radius 3 is 3.04 bits per heavy atom. The third-order valence-corrected chi connectivity index (χ3v) is 4.41. The van der Waals surface area contributed by atoms with Crippen LogP contribution in [0.15, 0.2) is 18.2 Å². The number of aromatic nitrogens is 2. The molecular formula is C18H27N5O4. The van der Waals surface area contributed by atoms with Gasteiger partial charge in [0.15, 0.2) is 0 Å². The quantitative estimate of drug-likeness (QED) is 0.491. The van der Waals surface area contributed by atoms with Gasteiger partial charge in [-0.1, -0.05) is 0 Å². The fraction of sp³-hybridized carbons (Fsp3) is 0.556. The number of urea groups is 1. The summed E-state index contributed by atoms with van der Waals surface area (Å²) in [6.07, 6.45) is -0.638. The normalized spacial score (nSPS) is 15.7. The van der Waals surface area contributed by atoms with Gasteiger partial charge in [0.05, 0.1) is 18.7 Å². The summed E-state index contributed by atoms with van der Waals surface area (Å²) in [5.74, 6) is 0.698. The number of nitrogens with zero attached hydrogens (tertiary/aromatic N) is 2. The number of hydrogen-bond acceptors (Lipinski definition) is 6. The van der Waals surface area contributed by atoms with Crippen LogP contribution >= 0.6 is 0 Å². The van der Waals surface area contributed by atoms with Gasteiger partial charge in [0.2, 0.25) is 0 Å². The van der Waals surface area contributed by atoms with Crippen molar-refractivity contribution in [3.05, 3.63) is 23.9 Å². The molecule has 2 amide bonds. The highest BCUT2D eigenvalue weighted by Crippen LogP contribution is 2.21. The minimum atomic E-state index is -0.638. The minimum Gasteiger partial charge on any atom is -0.491 e. The Labute approximate surface area is 158 Å². The standard InChI is InChI=1S/C18H27N5O4/c1-13-16-10-15(2-3-17(16)22-21-13)27-12-14(24)11-19-4-5-20-18(25)23-6-8-26-9-7-23/h2-3,10,14,19,24H,4-9,11-12H2,1H3,(H,20,25)(H,21,22)/t14-/m0/s1. The molecule has 1 aliphatic heterocycles. The summed E-state index contributed by atoms with van der Waals surface area (Å²) >= 11 is 0. The molecule has 0 spiro atoms. The molecule has 1 fully saturated rings. The van der Waals surface area contributed by atoms with Gasteiger partial charge in [0.1, 0.15) is 18.5 Å². The smallest absolute Gasteiger partial charge is 0.317 e. The second kappa shape index (κ2) is 9.54. The van der Waals surface area contributed by atoms with Gasteiger partial charge in [-0.05, 0) is 25.1 Å². The van der Waals surface area contributed by atoms with Crippen molar-refractivity contribution in [1.29, 1.82) is 0 Å². The average molecular weight is 377 g/mol. The lowest BCUT2D eigenvalue weighted by Gasteiger charge is -2.27. The third-order valence-electron chi connectivity index (χ3n) is 4.41. The molecule has 9 nitrogen and oxygen atoms in total. The molecule has 2 aromatic rings. The number of ether oxygens (including phenoxy) is 2. The first-order valence-corrected chi connectivity index (χ1v) is 9.20. The molecule has 0 aliphatic carbocycles. The summed E-state index contributed by atoms with van der Waals surface area (Å²) in [6.45, 7) is 6.04. The van der Waals surface area contributed by atoms with E-state index in [1.807, 2.05) is 25.1 Å². The van der Waals surface area contributed by atoms with Crippen LogP contribution in [0.1, 0.15) is 5.69 Å². The molecule has 27 heavy (non-hydrogen) atoms. The minimum absolute atomic E-state index is 0.0751. The molecule has 2 heterocycles. The van der Waals surface area contributed by atoms with E-state index in [1.54, 1.807) is 4.90 Å². The van der Waals surface area contributed by atoms with Crippen LogP contribution in [0.5, 0.6) is 5.75 Å². The van der Waals surface area contributed by atoms with Crippen LogP contribution in [-0.2, 0) is 4.74 Å². The van der Waals surface area contributed by atoms with Crippen molar-refractivity contribution in [3.8, 4) is 5.75 Å². The van der Waals surface area contributed by atoms with Gasteiger partial charge >= 0.3 is 6.03 Å². The van der Waals surface area contributed by atoms with Gasteiger partial charge in [-0.15, -0.1) is 0 Å². The number of morpholine rings is 1. The summed E-state index contributed by atoms with van der Waals surface area (Å²) < 4.78 is 10.9. The molecule has 3 rings (SSSR count). The number of rotatable bonds is 8. The zero-order valence-electron chi connectivity index (χ0n) is 15.5. The second-order valence-corrected chi connectivity index (χ2v) is 6.53. The Bertz CT molecular complexity index is 744. The molecule has 148 valence electrons. The number of aliphatic hydroxyl groups excluding tert-OH is 1. The Balaban J connectivity index is 1.29. The number of amides is 2. The van der Waals surface area contributed by atoms with E-state index in [0.29, 0.717) is 51.7 Å². The Morgan fingerprint density at radius 1 is 1.41 bits per heavy atom. The highest BCUT2D eigenvalue weighted by molar-refractivity contribution is 5.82. The first kappa shape index (κ1) is 19.4. The van der Waals surface area contributed by atoms with Crippen LogP contribution in [0, 0.1) is 6.92 Å². The maximum Gasteiger partial charge on any atom is 0.317 e. The SMILES string of the molecule is Cc1[nH]nc2ccc(OC[C@@H](O)CNCCNC(=O)N3CCOCC3)cc12. The number of aryl methyl sites for hydroxylation is 1. The van der Waals surface area contributed by atoms with E-state index < -0.39 is 6.10 Å². The highest BCUT2D eigenvalue weighted by atomic mass is 16.5. The highest BCUT2D eigenvalue weighted by Gasteiger charge is 2.15. The van der Waals surface area contributed by atoms with E-state index in [4.69, 9.17) is 9.47 Å². The van der Waals surface area contributed by atoms with E-state index in [1.165, 1.54) is 0 Å². The zero-order valence-corrected chi connectivity index (χ0v) is 15.5. The second-order valence-electron chi connectivity index (χ2n) is 6.53. The van der Waals surface area contributed by atoms with Crippen molar-refractivity contribution in [2.75, 3.05) is 52.5 Å². The van der Waals surface area contributed by atoms with Crippen molar-refractivity contribution in [3.63, 3.8) is 0 Å². The number of aromatic amines is 1. The van der Waals surface area contributed by atoms with E-state index >= 15 is 0 Å². The topological polar surface area (TPSA) is 112 Å². The molecule has 9 heteroatoms. The summed E-state index contributed by atoms with van der Waals surface area (Å²) in [4.78, 5) is 13.6. The number of H-pyrrole nitrogens is 1. The van der Waals surface area contributed by atoms with Gasteiger partial charge in [0.25, 0.3) is 0 Å². The molecule has 4 N–H and O–H groups in total. The van der Waals surface area contributed by atoms with Gasteiger partial charge in [-0.3, -0.25) is 5.10 Å². The van der Waals surface area contributed by atoms with Gasteiger partial charge < -0.3 is 30.1 Å². The molecule has 0 unspecified atom stereocenters. The third kappa shape index (κ3) is 5.56. The fourth-order valence-corrected chi connectivity index (χ4v) is 2.86. The van der Waals surface area contributed by atoms with Crippen LogP contribution in [0.3, 0.4) is 0 Å². The monoisotopic (exact) mass is 377 g/mol. The van der Waals surface area contributed by atoms with Gasteiger partial charge in [0, 0.05) is 43.8 Å². The summed E-state index contributed by atoms with van der Waals surface area (Å²) in [5.41, 5.74) is 1.87. The molecule has 0 saturated carbocycles.